The van der Waals surface area contributed by atoms with Gasteiger partial charge in [-0.25, -0.2) is 0 Å². The number of hydrogen-bond donors (Lipinski definition) is 1. The Kier molecular flexibility index (Phi) is 4.65. The zero-order chi connectivity index (χ0) is 14.5. The molecule has 0 aliphatic rings. The van der Waals surface area contributed by atoms with E-state index < -0.39 is 0 Å². The van der Waals surface area contributed by atoms with Gasteiger partial charge in [0, 0.05) is 28.3 Å². The first-order chi connectivity index (χ1) is 9.62. The van der Waals surface area contributed by atoms with Gasteiger partial charge in [-0.05, 0) is 38.1 Å². The Bertz CT molecular complexity index is 628. The molecular weight excluding hydrogens is 268 g/mol. The molecule has 20 heavy (non-hydrogen) atoms. The molecule has 0 fully saturated rings. The fourth-order valence-electron chi connectivity index (χ4n) is 2.08. The van der Waals surface area contributed by atoms with Crippen molar-refractivity contribution in [2.24, 2.45) is 0 Å². The van der Waals surface area contributed by atoms with Gasteiger partial charge in [-0.3, -0.25) is 0 Å². The summed E-state index contributed by atoms with van der Waals surface area (Å²) in [4.78, 5) is 2.68. The van der Waals surface area contributed by atoms with Crippen LogP contribution in [0.1, 0.15) is 22.2 Å². The molecule has 0 saturated carbocycles. The molecular formula is C16H18N2OS. The molecule has 0 bridgehead atoms. The maximum Gasteiger partial charge on any atom is 0.121 e. The predicted molar refractivity (Wildman–Crippen MR) is 83.6 cm³/mol. The summed E-state index contributed by atoms with van der Waals surface area (Å²) >= 11 is 1.81. The fourth-order valence-corrected chi connectivity index (χ4v) is 3.10. The van der Waals surface area contributed by atoms with Crippen molar-refractivity contribution in [3.8, 4) is 11.8 Å². The van der Waals surface area contributed by atoms with Gasteiger partial charge >= 0.3 is 0 Å². The summed E-state index contributed by atoms with van der Waals surface area (Å²) in [6.07, 6.45) is 0.945. The molecule has 2 aromatic rings. The third-order valence-corrected chi connectivity index (χ3v) is 4.08. The lowest BCUT2D eigenvalue weighted by Crippen LogP contribution is -2.18. The van der Waals surface area contributed by atoms with Gasteiger partial charge in [0.2, 0.25) is 0 Å². The standard InChI is InChI=1S/C16H18N2OS/c1-11(8-15-7-4-12(2)20-15)18-16-9-14(19-3)6-5-13(16)10-17/h4-7,9,11,18H,8H2,1-3H3. The number of methoxy groups -OCH3 is 1. The molecule has 1 N–H and O–H groups in total. The van der Waals surface area contributed by atoms with Crippen LogP contribution in [0.25, 0.3) is 0 Å². The average Bonchev–Trinajstić information content (AvgIpc) is 2.83. The number of nitrogens with zero attached hydrogens (tertiary/aromatic N) is 1. The molecule has 0 saturated heterocycles. The maximum absolute atomic E-state index is 9.16. The monoisotopic (exact) mass is 286 g/mol. The molecule has 0 spiro atoms. The summed E-state index contributed by atoms with van der Waals surface area (Å²) in [7, 11) is 1.63. The lowest BCUT2D eigenvalue weighted by atomic mass is 10.1. The third kappa shape index (κ3) is 3.52. The van der Waals surface area contributed by atoms with E-state index >= 15 is 0 Å². The van der Waals surface area contributed by atoms with Crippen LogP contribution < -0.4 is 10.1 Å². The number of rotatable bonds is 5. The normalized spacial score (nSPS) is 11.7. The number of benzene rings is 1. The minimum absolute atomic E-state index is 0.257. The Morgan fingerprint density at radius 2 is 2.15 bits per heavy atom. The van der Waals surface area contributed by atoms with E-state index in [2.05, 4.69) is 37.4 Å². The van der Waals surface area contributed by atoms with Gasteiger partial charge in [-0.15, -0.1) is 11.3 Å². The van der Waals surface area contributed by atoms with E-state index in [9.17, 15) is 0 Å². The molecule has 1 heterocycles. The summed E-state index contributed by atoms with van der Waals surface area (Å²) in [6, 6.07) is 12.2. The summed E-state index contributed by atoms with van der Waals surface area (Å²) in [6.45, 7) is 4.23. The van der Waals surface area contributed by atoms with Crippen molar-refractivity contribution in [1.29, 1.82) is 5.26 Å². The van der Waals surface area contributed by atoms with Crippen molar-refractivity contribution in [2.75, 3.05) is 12.4 Å². The van der Waals surface area contributed by atoms with Crippen LogP contribution in [0.5, 0.6) is 5.75 Å². The Hall–Kier alpha value is -1.99. The molecule has 0 amide bonds. The number of aryl methyl sites for hydroxylation is 1. The second-order valence-corrected chi connectivity index (χ2v) is 6.16. The van der Waals surface area contributed by atoms with E-state index in [1.165, 1.54) is 9.75 Å². The van der Waals surface area contributed by atoms with Crippen LogP contribution in [0.4, 0.5) is 5.69 Å². The van der Waals surface area contributed by atoms with Crippen molar-refractivity contribution in [3.63, 3.8) is 0 Å². The number of hydrogen-bond acceptors (Lipinski definition) is 4. The summed E-state index contributed by atoms with van der Waals surface area (Å²) in [5.41, 5.74) is 1.47. The van der Waals surface area contributed by atoms with Crippen LogP contribution in [0.3, 0.4) is 0 Å². The largest absolute Gasteiger partial charge is 0.497 e. The van der Waals surface area contributed by atoms with Crippen LogP contribution >= 0.6 is 11.3 Å². The Labute approximate surface area is 123 Å². The minimum atomic E-state index is 0.257. The smallest absolute Gasteiger partial charge is 0.121 e. The molecule has 1 unspecified atom stereocenters. The molecule has 104 valence electrons. The van der Waals surface area contributed by atoms with Crippen molar-refractivity contribution >= 4 is 17.0 Å². The minimum Gasteiger partial charge on any atom is -0.497 e. The Morgan fingerprint density at radius 1 is 1.35 bits per heavy atom. The molecule has 0 radical (unpaired) electrons. The number of nitrogens with one attached hydrogen (secondary N) is 1. The third-order valence-electron chi connectivity index (χ3n) is 3.05. The number of nitriles is 1. The van der Waals surface area contributed by atoms with Crippen molar-refractivity contribution in [3.05, 3.63) is 45.6 Å². The summed E-state index contributed by atoms with van der Waals surface area (Å²) in [5.74, 6) is 0.755. The highest BCUT2D eigenvalue weighted by Crippen LogP contribution is 2.24. The number of thiophene rings is 1. The molecule has 1 aromatic heterocycles. The van der Waals surface area contributed by atoms with Crippen LogP contribution in [-0.2, 0) is 6.42 Å². The Balaban J connectivity index is 2.10. The first kappa shape index (κ1) is 14.4. The van der Waals surface area contributed by atoms with Crippen molar-refractivity contribution < 1.29 is 4.74 Å². The van der Waals surface area contributed by atoms with Gasteiger partial charge in [0.05, 0.1) is 18.4 Å². The second kappa shape index (κ2) is 6.44. The van der Waals surface area contributed by atoms with Gasteiger partial charge in [-0.1, -0.05) is 0 Å². The first-order valence-corrected chi connectivity index (χ1v) is 7.34. The number of ether oxygens (including phenoxy) is 1. The molecule has 0 aliphatic carbocycles. The maximum atomic E-state index is 9.16. The van der Waals surface area contributed by atoms with E-state index in [0.717, 1.165) is 17.9 Å². The highest BCUT2D eigenvalue weighted by Gasteiger charge is 2.09. The summed E-state index contributed by atoms with van der Waals surface area (Å²) in [5, 5.41) is 12.6. The molecule has 4 heteroatoms. The lowest BCUT2D eigenvalue weighted by molar-refractivity contribution is 0.415. The molecule has 1 atom stereocenters. The van der Waals surface area contributed by atoms with Gasteiger partial charge in [0.25, 0.3) is 0 Å². The zero-order valence-electron chi connectivity index (χ0n) is 11.9. The van der Waals surface area contributed by atoms with Crippen LogP contribution in [0, 0.1) is 18.3 Å². The zero-order valence-corrected chi connectivity index (χ0v) is 12.8. The Morgan fingerprint density at radius 3 is 2.75 bits per heavy atom. The second-order valence-electron chi connectivity index (χ2n) is 4.79. The van der Waals surface area contributed by atoms with E-state index in [1.54, 1.807) is 19.2 Å². The summed E-state index contributed by atoms with van der Waals surface area (Å²) < 4.78 is 5.21. The van der Waals surface area contributed by atoms with Gasteiger partial charge in [0.15, 0.2) is 0 Å². The topological polar surface area (TPSA) is 45.0 Å². The number of anilines is 1. The van der Waals surface area contributed by atoms with Crippen molar-refractivity contribution in [1.82, 2.24) is 0 Å². The van der Waals surface area contributed by atoms with E-state index in [0.29, 0.717) is 5.56 Å². The average molecular weight is 286 g/mol. The van der Waals surface area contributed by atoms with Gasteiger partial charge in [-0.2, -0.15) is 5.26 Å². The highest BCUT2D eigenvalue weighted by molar-refractivity contribution is 7.11. The van der Waals surface area contributed by atoms with Gasteiger partial charge < -0.3 is 10.1 Å². The first-order valence-electron chi connectivity index (χ1n) is 6.52. The van der Waals surface area contributed by atoms with Crippen molar-refractivity contribution in [2.45, 2.75) is 26.3 Å². The SMILES string of the molecule is COc1ccc(C#N)c(NC(C)Cc2ccc(C)s2)c1. The quantitative estimate of drug-likeness (QED) is 0.904. The van der Waals surface area contributed by atoms with Crippen LogP contribution in [0.2, 0.25) is 0 Å². The van der Waals surface area contributed by atoms with Crippen LogP contribution in [0.15, 0.2) is 30.3 Å². The molecule has 3 nitrogen and oxygen atoms in total. The van der Waals surface area contributed by atoms with Gasteiger partial charge in [0.1, 0.15) is 11.8 Å². The van der Waals surface area contributed by atoms with E-state index in [-0.39, 0.29) is 6.04 Å². The molecule has 2 rings (SSSR count). The van der Waals surface area contributed by atoms with Crippen LogP contribution in [-0.4, -0.2) is 13.2 Å². The lowest BCUT2D eigenvalue weighted by Gasteiger charge is -2.16. The highest BCUT2D eigenvalue weighted by atomic mass is 32.1. The fraction of sp³-hybridized carbons (Fsp3) is 0.312. The molecule has 0 aliphatic heterocycles. The van der Waals surface area contributed by atoms with E-state index in [1.807, 2.05) is 17.4 Å². The molecule has 1 aromatic carbocycles. The van der Waals surface area contributed by atoms with E-state index in [4.69, 9.17) is 10.00 Å². The predicted octanol–water partition coefficient (Wildman–Crippen LogP) is 3.98.